The Balaban J connectivity index is 1.45. The van der Waals surface area contributed by atoms with Crippen LogP contribution in [0.1, 0.15) is 68.3 Å². The van der Waals surface area contributed by atoms with Crippen LogP contribution in [0.4, 0.5) is 0 Å². The molecule has 0 bridgehead atoms. The molecule has 0 spiro atoms. The smallest absolute Gasteiger partial charge is 0.287 e. The maximum Gasteiger partial charge on any atom is 0.287 e. The summed E-state index contributed by atoms with van der Waals surface area (Å²) in [5.74, 6) is 1.19. The predicted octanol–water partition coefficient (Wildman–Crippen LogP) is 1.85. The first-order chi connectivity index (χ1) is 14.5. The molecule has 5 heteroatoms. The summed E-state index contributed by atoms with van der Waals surface area (Å²) in [4.78, 5) is 15.6. The number of rotatable bonds is 10. The molecule has 1 aromatic heterocycles. The molecule has 1 aromatic carbocycles. The lowest BCUT2D eigenvalue weighted by Gasteiger charge is -2.30. The third kappa shape index (κ3) is 6.71. The van der Waals surface area contributed by atoms with Gasteiger partial charge in [-0.3, -0.25) is 4.79 Å². The quantitative estimate of drug-likeness (QED) is 0.521. The van der Waals surface area contributed by atoms with E-state index >= 15 is 0 Å². The highest BCUT2D eigenvalue weighted by molar-refractivity contribution is 5.91. The molecule has 0 aliphatic carbocycles. The molecular formula is C25H39N3O2+2. The summed E-state index contributed by atoms with van der Waals surface area (Å²) in [5, 5.41) is 3.03. The van der Waals surface area contributed by atoms with Gasteiger partial charge in [-0.15, -0.1) is 0 Å². The van der Waals surface area contributed by atoms with Crippen LogP contribution in [0.25, 0.3) is 0 Å². The van der Waals surface area contributed by atoms with Crippen molar-refractivity contribution >= 4 is 5.91 Å². The number of benzene rings is 1. The van der Waals surface area contributed by atoms with Crippen LogP contribution in [0.2, 0.25) is 0 Å². The lowest BCUT2D eigenvalue weighted by molar-refractivity contribution is -0.949. The molecule has 2 heterocycles. The third-order valence-electron chi connectivity index (χ3n) is 6.42. The molecule has 2 aromatic rings. The first-order valence-electron chi connectivity index (χ1n) is 11.6. The van der Waals surface area contributed by atoms with Gasteiger partial charge in [-0.25, -0.2) is 0 Å². The minimum absolute atomic E-state index is 0.0999. The number of nitrogens with one attached hydrogen (secondary N) is 3. The van der Waals surface area contributed by atoms with Crippen molar-refractivity contribution in [3.8, 4) is 0 Å². The van der Waals surface area contributed by atoms with E-state index < -0.39 is 0 Å². The molecule has 1 amide bonds. The van der Waals surface area contributed by atoms with Crippen molar-refractivity contribution < 1.29 is 19.0 Å². The van der Waals surface area contributed by atoms with Crippen LogP contribution in [0, 0.1) is 0 Å². The summed E-state index contributed by atoms with van der Waals surface area (Å²) >= 11 is 0. The van der Waals surface area contributed by atoms with E-state index in [1.54, 1.807) is 4.90 Å². The Labute approximate surface area is 181 Å². The van der Waals surface area contributed by atoms with Crippen LogP contribution in [-0.2, 0) is 13.1 Å². The summed E-state index contributed by atoms with van der Waals surface area (Å²) in [7, 11) is 0. The minimum Gasteiger partial charge on any atom is -0.450 e. The third-order valence-corrected chi connectivity index (χ3v) is 6.42. The molecule has 164 valence electrons. The van der Waals surface area contributed by atoms with E-state index in [2.05, 4.69) is 50.4 Å². The van der Waals surface area contributed by atoms with E-state index in [-0.39, 0.29) is 5.91 Å². The predicted molar refractivity (Wildman–Crippen MR) is 120 cm³/mol. The standard InChI is InChI=1S/C25H37N3O2/c1-20(2)28(18-22-11-5-4-6-12-22)19-23-13-14-24(30-23)25(29)26-15-9-17-27-16-8-7-10-21(27)3/h4-6,11-14,20-21H,7-10,15-19H2,1-3H3,(H,26,29)/p+2/t21-/m1/s1. The maximum atomic E-state index is 12.5. The molecule has 1 aliphatic heterocycles. The van der Waals surface area contributed by atoms with Crippen LogP contribution < -0.4 is 15.1 Å². The number of furan rings is 1. The molecular weight excluding hydrogens is 374 g/mol. The topological polar surface area (TPSA) is 51.1 Å². The normalized spacial score (nSPS) is 20.3. The van der Waals surface area contributed by atoms with Gasteiger partial charge < -0.3 is 19.5 Å². The number of quaternary nitrogens is 2. The Morgan fingerprint density at radius 2 is 1.97 bits per heavy atom. The Hall–Kier alpha value is -2.11. The van der Waals surface area contributed by atoms with Crippen molar-refractivity contribution in [3.05, 3.63) is 59.5 Å². The van der Waals surface area contributed by atoms with E-state index in [1.807, 2.05) is 18.2 Å². The van der Waals surface area contributed by atoms with Crippen molar-refractivity contribution in [2.45, 2.75) is 71.6 Å². The van der Waals surface area contributed by atoms with Crippen LogP contribution >= 0.6 is 0 Å². The Bertz CT molecular complexity index is 772. The molecule has 1 saturated heterocycles. The minimum atomic E-state index is -0.0999. The van der Waals surface area contributed by atoms with Gasteiger partial charge in [0.25, 0.3) is 5.91 Å². The van der Waals surface area contributed by atoms with Crippen molar-refractivity contribution in [1.82, 2.24) is 5.32 Å². The largest absolute Gasteiger partial charge is 0.450 e. The average molecular weight is 414 g/mol. The summed E-state index contributed by atoms with van der Waals surface area (Å²) in [6.07, 6.45) is 5.04. The number of carbonyl (C=O) groups is 1. The molecule has 3 N–H and O–H groups in total. The fraction of sp³-hybridized carbons (Fsp3) is 0.560. The van der Waals surface area contributed by atoms with E-state index in [4.69, 9.17) is 4.42 Å². The fourth-order valence-electron chi connectivity index (χ4n) is 4.38. The lowest BCUT2D eigenvalue weighted by atomic mass is 10.0. The number of likely N-dealkylation sites (tertiary alicyclic amines) is 1. The molecule has 30 heavy (non-hydrogen) atoms. The molecule has 3 rings (SSSR count). The molecule has 2 unspecified atom stereocenters. The van der Waals surface area contributed by atoms with Crippen molar-refractivity contribution in [1.29, 1.82) is 0 Å². The van der Waals surface area contributed by atoms with Gasteiger partial charge in [-0.05, 0) is 52.2 Å². The van der Waals surface area contributed by atoms with E-state index in [0.29, 0.717) is 18.3 Å². The van der Waals surface area contributed by atoms with Crippen LogP contribution in [0.15, 0.2) is 46.9 Å². The number of hydrogen-bond donors (Lipinski definition) is 3. The molecule has 0 radical (unpaired) electrons. The van der Waals surface area contributed by atoms with E-state index in [9.17, 15) is 4.79 Å². The van der Waals surface area contributed by atoms with Gasteiger partial charge in [0.05, 0.1) is 25.2 Å². The number of piperidine rings is 1. The van der Waals surface area contributed by atoms with Crippen molar-refractivity contribution in [3.63, 3.8) is 0 Å². The van der Waals surface area contributed by atoms with Gasteiger partial charge in [0.2, 0.25) is 0 Å². The summed E-state index contributed by atoms with van der Waals surface area (Å²) in [6.45, 7) is 11.6. The Morgan fingerprint density at radius 3 is 2.70 bits per heavy atom. The van der Waals surface area contributed by atoms with Gasteiger partial charge in [0.15, 0.2) is 11.5 Å². The number of carbonyl (C=O) groups excluding carboxylic acids is 1. The van der Waals surface area contributed by atoms with Crippen LogP contribution in [0.5, 0.6) is 0 Å². The van der Waals surface area contributed by atoms with Gasteiger partial charge in [-0.1, -0.05) is 30.3 Å². The highest BCUT2D eigenvalue weighted by Gasteiger charge is 2.21. The zero-order valence-electron chi connectivity index (χ0n) is 18.9. The molecule has 5 nitrogen and oxygen atoms in total. The lowest BCUT2D eigenvalue weighted by Crippen LogP contribution is -3.16. The second-order valence-corrected chi connectivity index (χ2v) is 9.08. The fourth-order valence-corrected chi connectivity index (χ4v) is 4.38. The zero-order valence-corrected chi connectivity index (χ0v) is 18.9. The summed E-state index contributed by atoms with van der Waals surface area (Å²) in [6, 6.07) is 15.5. The second kappa shape index (κ2) is 11.3. The van der Waals surface area contributed by atoms with Crippen LogP contribution in [0.3, 0.4) is 0 Å². The van der Waals surface area contributed by atoms with Crippen molar-refractivity contribution in [2.24, 2.45) is 0 Å². The SMILES string of the molecule is CC(C)[NH+](Cc1ccccc1)Cc1ccc(C(=O)NCCC[NH+]2CCCC[C@H]2C)o1. The van der Waals surface area contributed by atoms with E-state index in [1.165, 1.54) is 36.3 Å². The van der Waals surface area contributed by atoms with Gasteiger partial charge in [0.1, 0.15) is 13.1 Å². The van der Waals surface area contributed by atoms with Crippen LogP contribution in [-0.4, -0.2) is 37.6 Å². The van der Waals surface area contributed by atoms with E-state index in [0.717, 1.165) is 37.9 Å². The summed E-state index contributed by atoms with van der Waals surface area (Å²) < 4.78 is 5.89. The van der Waals surface area contributed by atoms with Gasteiger partial charge in [-0.2, -0.15) is 0 Å². The molecule has 3 atom stereocenters. The molecule has 1 fully saturated rings. The Morgan fingerprint density at radius 1 is 1.17 bits per heavy atom. The summed E-state index contributed by atoms with van der Waals surface area (Å²) in [5.41, 5.74) is 1.32. The number of hydrogen-bond acceptors (Lipinski definition) is 2. The first-order valence-corrected chi connectivity index (χ1v) is 11.6. The monoisotopic (exact) mass is 413 g/mol. The maximum absolute atomic E-state index is 12.5. The molecule has 0 saturated carbocycles. The average Bonchev–Trinajstić information content (AvgIpc) is 3.21. The first kappa shape index (κ1) is 22.6. The molecule has 1 aliphatic rings. The highest BCUT2D eigenvalue weighted by Crippen LogP contribution is 2.07. The second-order valence-electron chi connectivity index (χ2n) is 9.08. The highest BCUT2D eigenvalue weighted by atomic mass is 16.4. The van der Waals surface area contributed by atoms with Crippen molar-refractivity contribution in [2.75, 3.05) is 19.6 Å². The van der Waals surface area contributed by atoms with Gasteiger partial charge >= 0.3 is 0 Å². The zero-order chi connectivity index (χ0) is 21.3. The van der Waals surface area contributed by atoms with Gasteiger partial charge in [0, 0.05) is 18.5 Å². The Kier molecular flexibility index (Phi) is 8.52. The number of amides is 1.